The topological polar surface area (TPSA) is 66.5 Å². The lowest BCUT2D eigenvalue weighted by molar-refractivity contribution is -0.122. The smallest absolute Gasteiger partial charge is 0.273 e. The third kappa shape index (κ3) is 4.55. The fourth-order valence-corrected chi connectivity index (χ4v) is 3.88. The molecule has 0 saturated carbocycles. The summed E-state index contributed by atoms with van der Waals surface area (Å²) in [7, 11) is 0. The van der Waals surface area contributed by atoms with Gasteiger partial charge in [0.25, 0.3) is 11.8 Å². The third-order valence-corrected chi connectivity index (χ3v) is 5.89. The molecule has 1 aliphatic heterocycles. The van der Waals surface area contributed by atoms with Gasteiger partial charge in [-0.25, -0.2) is 9.69 Å². The van der Waals surface area contributed by atoms with E-state index in [2.05, 4.69) is 5.32 Å². The van der Waals surface area contributed by atoms with Gasteiger partial charge in [0, 0.05) is 21.5 Å². The summed E-state index contributed by atoms with van der Waals surface area (Å²) < 4.78 is 0. The average molecular weight is 486 g/mol. The molecule has 8 heteroatoms. The molecule has 0 radical (unpaired) electrons. The van der Waals surface area contributed by atoms with Crippen LogP contribution in [0.2, 0.25) is 15.1 Å². The molecule has 0 unspecified atom stereocenters. The van der Waals surface area contributed by atoms with Crippen molar-refractivity contribution in [2.24, 2.45) is 0 Å². The molecule has 1 saturated heterocycles. The number of nitrogens with one attached hydrogen (secondary N) is 1. The van der Waals surface area contributed by atoms with Crippen molar-refractivity contribution in [2.75, 3.05) is 4.90 Å². The van der Waals surface area contributed by atoms with Gasteiger partial charge >= 0.3 is 6.03 Å². The number of barbiturate groups is 1. The first-order valence-corrected chi connectivity index (χ1v) is 10.7. The van der Waals surface area contributed by atoms with Crippen LogP contribution < -0.4 is 10.2 Å². The number of hydrogen-bond acceptors (Lipinski definition) is 3. The minimum absolute atomic E-state index is 0.186. The van der Waals surface area contributed by atoms with Gasteiger partial charge in [0.15, 0.2) is 0 Å². The summed E-state index contributed by atoms with van der Waals surface area (Å²) in [6, 6.07) is 18.0. The van der Waals surface area contributed by atoms with E-state index in [0.717, 1.165) is 16.0 Å². The normalized spacial score (nSPS) is 15.3. The van der Waals surface area contributed by atoms with E-state index in [1.54, 1.807) is 24.3 Å². The fourth-order valence-electron chi connectivity index (χ4n) is 3.29. The van der Waals surface area contributed by atoms with Crippen LogP contribution in [0.4, 0.5) is 10.5 Å². The van der Waals surface area contributed by atoms with Crippen molar-refractivity contribution in [1.29, 1.82) is 0 Å². The van der Waals surface area contributed by atoms with Gasteiger partial charge < -0.3 is 0 Å². The number of rotatable bonds is 4. The minimum atomic E-state index is -0.826. The molecule has 1 heterocycles. The lowest BCUT2D eigenvalue weighted by Gasteiger charge is -2.26. The van der Waals surface area contributed by atoms with Gasteiger partial charge in [-0.3, -0.25) is 14.9 Å². The molecule has 32 heavy (non-hydrogen) atoms. The van der Waals surface area contributed by atoms with E-state index in [1.807, 2.05) is 30.3 Å². The Balaban J connectivity index is 1.63. The zero-order chi connectivity index (χ0) is 22.8. The van der Waals surface area contributed by atoms with Gasteiger partial charge in [0.2, 0.25) is 0 Å². The second-order valence-electron chi connectivity index (χ2n) is 7.05. The Hall–Kier alpha value is -3.12. The van der Waals surface area contributed by atoms with Crippen LogP contribution in [0.15, 0.2) is 72.3 Å². The van der Waals surface area contributed by atoms with Crippen molar-refractivity contribution < 1.29 is 14.4 Å². The van der Waals surface area contributed by atoms with E-state index < -0.39 is 17.8 Å². The summed E-state index contributed by atoms with van der Waals surface area (Å²) in [6.45, 7) is 0. The molecule has 1 N–H and O–H groups in total. The summed E-state index contributed by atoms with van der Waals surface area (Å²) in [4.78, 5) is 38.5. The van der Waals surface area contributed by atoms with Crippen LogP contribution in [0.5, 0.6) is 0 Å². The number of nitrogens with zero attached hydrogens (tertiary/aromatic N) is 1. The number of anilines is 1. The first-order valence-electron chi connectivity index (χ1n) is 9.52. The van der Waals surface area contributed by atoms with Gasteiger partial charge in [0.05, 0.1) is 5.69 Å². The van der Waals surface area contributed by atoms with Crippen LogP contribution >= 0.6 is 34.8 Å². The molecular formula is C24H15Cl3N2O3. The van der Waals surface area contributed by atoms with E-state index in [1.165, 1.54) is 18.2 Å². The second-order valence-corrected chi connectivity index (χ2v) is 8.30. The Morgan fingerprint density at radius 3 is 2.19 bits per heavy atom. The van der Waals surface area contributed by atoms with Crippen molar-refractivity contribution >= 4 is 64.4 Å². The van der Waals surface area contributed by atoms with Gasteiger partial charge in [0.1, 0.15) is 5.57 Å². The number of halogens is 3. The molecule has 4 amide bonds. The molecule has 3 aromatic carbocycles. The summed E-state index contributed by atoms with van der Waals surface area (Å²) in [5, 5.41) is 3.75. The van der Waals surface area contributed by atoms with Crippen LogP contribution in [-0.2, 0) is 16.0 Å². The van der Waals surface area contributed by atoms with E-state index in [0.29, 0.717) is 32.7 Å². The molecule has 0 spiro atoms. The predicted molar refractivity (Wildman–Crippen MR) is 126 cm³/mol. The van der Waals surface area contributed by atoms with E-state index in [-0.39, 0.29) is 5.57 Å². The summed E-state index contributed by atoms with van der Waals surface area (Å²) in [5.41, 5.74) is 2.43. The zero-order valence-electron chi connectivity index (χ0n) is 16.4. The lowest BCUT2D eigenvalue weighted by atomic mass is 10.0. The highest BCUT2D eigenvalue weighted by atomic mass is 35.5. The van der Waals surface area contributed by atoms with Gasteiger partial charge in [-0.15, -0.1) is 0 Å². The second kappa shape index (κ2) is 9.17. The van der Waals surface area contributed by atoms with E-state index in [4.69, 9.17) is 34.8 Å². The largest absolute Gasteiger partial charge is 0.335 e. The van der Waals surface area contributed by atoms with E-state index >= 15 is 0 Å². The monoisotopic (exact) mass is 484 g/mol. The summed E-state index contributed by atoms with van der Waals surface area (Å²) >= 11 is 18.6. The third-order valence-electron chi connectivity index (χ3n) is 4.91. The number of benzene rings is 3. The number of carbonyl (C=O) groups excluding carboxylic acids is 3. The standard InChI is InChI=1S/C24H15Cl3N2O3/c25-17-7-9-18(10-8-17)29-23(31)19(22(30)28-24(29)32)11-14-5-6-16(21(27)12-14)13-15-3-1-2-4-20(15)26/h1-12H,13H2,(H,28,30,32)/b19-11+. The molecule has 3 aromatic rings. The molecule has 160 valence electrons. The van der Waals surface area contributed by atoms with Crippen molar-refractivity contribution in [3.05, 3.63) is 104 Å². The number of carbonyl (C=O) groups is 3. The first-order chi connectivity index (χ1) is 15.3. The SMILES string of the molecule is O=C1NC(=O)N(c2ccc(Cl)cc2)C(=O)/C1=C/c1ccc(Cc2ccccc2Cl)c(Cl)c1. The maximum absolute atomic E-state index is 13.0. The van der Waals surface area contributed by atoms with Gasteiger partial charge in [-0.1, -0.05) is 65.1 Å². The number of imide groups is 2. The molecule has 0 bridgehead atoms. The van der Waals surface area contributed by atoms with Crippen molar-refractivity contribution in [3.8, 4) is 0 Å². The Labute approximate surface area is 199 Å². The molecule has 0 aliphatic carbocycles. The van der Waals surface area contributed by atoms with Gasteiger partial charge in [-0.2, -0.15) is 0 Å². The van der Waals surface area contributed by atoms with E-state index in [9.17, 15) is 14.4 Å². The molecular weight excluding hydrogens is 471 g/mol. The predicted octanol–water partition coefficient (Wildman–Crippen LogP) is 5.90. The molecule has 0 atom stereocenters. The van der Waals surface area contributed by atoms with Crippen LogP contribution in [-0.4, -0.2) is 17.8 Å². The highest BCUT2D eigenvalue weighted by Crippen LogP contribution is 2.27. The van der Waals surface area contributed by atoms with Crippen molar-refractivity contribution in [1.82, 2.24) is 5.32 Å². The van der Waals surface area contributed by atoms with Crippen LogP contribution in [0.1, 0.15) is 16.7 Å². The van der Waals surface area contributed by atoms with Crippen molar-refractivity contribution in [3.63, 3.8) is 0 Å². The van der Waals surface area contributed by atoms with Crippen LogP contribution in [0, 0.1) is 0 Å². The Bertz CT molecular complexity index is 1270. The minimum Gasteiger partial charge on any atom is -0.273 e. The fraction of sp³-hybridized carbons (Fsp3) is 0.0417. The zero-order valence-corrected chi connectivity index (χ0v) is 18.7. The van der Waals surface area contributed by atoms with Gasteiger partial charge in [-0.05, 0) is 59.2 Å². The number of amides is 4. The molecule has 4 rings (SSSR count). The highest BCUT2D eigenvalue weighted by Gasteiger charge is 2.36. The number of hydrogen-bond donors (Lipinski definition) is 1. The Morgan fingerprint density at radius 2 is 1.50 bits per heavy atom. The summed E-state index contributed by atoms with van der Waals surface area (Å²) in [5.74, 6) is -1.51. The maximum atomic E-state index is 13.0. The quantitative estimate of drug-likeness (QED) is 0.369. The Morgan fingerprint density at radius 1 is 0.812 bits per heavy atom. The molecule has 1 fully saturated rings. The first kappa shape index (κ1) is 22.1. The molecule has 0 aromatic heterocycles. The Kier molecular flexibility index (Phi) is 6.33. The molecule has 5 nitrogen and oxygen atoms in total. The average Bonchev–Trinajstić information content (AvgIpc) is 2.75. The van der Waals surface area contributed by atoms with Crippen LogP contribution in [0.25, 0.3) is 6.08 Å². The summed E-state index contributed by atoms with van der Waals surface area (Å²) in [6.07, 6.45) is 1.94. The van der Waals surface area contributed by atoms with Crippen LogP contribution in [0.3, 0.4) is 0 Å². The highest BCUT2D eigenvalue weighted by molar-refractivity contribution is 6.39. The number of urea groups is 1. The maximum Gasteiger partial charge on any atom is 0.335 e. The van der Waals surface area contributed by atoms with Crippen molar-refractivity contribution in [2.45, 2.75) is 6.42 Å². The lowest BCUT2D eigenvalue weighted by Crippen LogP contribution is -2.54. The molecule has 1 aliphatic rings.